The first-order valence-corrected chi connectivity index (χ1v) is 11.6. The second-order valence-corrected chi connectivity index (χ2v) is 8.89. The molecule has 166 valence electrons. The fraction of sp³-hybridized carbons (Fsp3) is 0.440. The molecule has 1 aliphatic heterocycles. The van der Waals surface area contributed by atoms with Crippen LogP contribution in [0.3, 0.4) is 0 Å². The number of para-hydroxylation sites is 1. The summed E-state index contributed by atoms with van der Waals surface area (Å²) in [6, 6.07) is 10.5. The minimum atomic E-state index is 0.508. The molecule has 0 aliphatic carbocycles. The van der Waals surface area contributed by atoms with Crippen LogP contribution in [-0.2, 0) is 20.0 Å². The summed E-state index contributed by atoms with van der Waals surface area (Å²) in [5.41, 5.74) is 7.81. The molecule has 0 unspecified atom stereocenters. The first kappa shape index (κ1) is 20.8. The highest BCUT2D eigenvalue weighted by atomic mass is 15.3. The van der Waals surface area contributed by atoms with Crippen molar-refractivity contribution < 1.29 is 0 Å². The fourth-order valence-corrected chi connectivity index (χ4v) is 5.09. The van der Waals surface area contributed by atoms with Gasteiger partial charge in [0.25, 0.3) is 0 Å². The van der Waals surface area contributed by atoms with Crippen molar-refractivity contribution >= 4 is 10.9 Å². The molecule has 4 aromatic rings. The third-order valence-corrected chi connectivity index (χ3v) is 6.76. The zero-order valence-electron chi connectivity index (χ0n) is 19.4. The van der Waals surface area contributed by atoms with Crippen molar-refractivity contribution in [2.45, 2.75) is 52.5 Å². The smallest absolute Gasteiger partial charge is 0.143 e. The van der Waals surface area contributed by atoms with E-state index in [9.17, 15) is 0 Å². The maximum Gasteiger partial charge on any atom is 0.143 e. The zero-order chi connectivity index (χ0) is 22.2. The van der Waals surface area contributed by atoms with Gasteiger partial charge < -0.3 is 0 Å². The number of hydrogen-bond acceptors (Lipinski definition) is 5. The molecule has 0 amide bonds. The van der Waals surface area contributed by atoms with E-state index in [1.165, 1.54) is 17.0 Å². The minimum Gasteiger partial charge on any atom is -0.296 e. The second-order valence-electron chi connectivity index (χ2n) is 8.89. The van der Waals surface area contributed by atoms with Crippen molar-refractivity contribution in [2.75, 3.05) is 13.1 Å². The Kier molecular flexibility index (Phi) is 5.51. The molecule has 1 fully saturated rings. The number of piperidine rings is 1. The Labute approximate surface area is 188 Å². The van der Waals surface area contributed by atoms with Crippen molar-refractivity contribution in [3.63, 3.8) is 0 Å². The zero-order valence-corrected chi connectivity index (χ0v) is 19.4. The van der Waals surface area contributed by atoms with Crippen LogP contribution in [0.1, 0.15) is 54.3 Å². The Morgan fingerprint density at radius 1 is 1.06 bits per heavy atom. The van der Waals surface area contributed by atoms with E-state index in [0.29, 0.717) is 5.92 Å². The summed E-state index contributed by atoms with van der Waals surface area (Å²) in [6.07, 6.45) is 3.17. The molecular formula is C25H31N7. The summed E-state index contributed by atoms with van der Waals surface area (Å²) in [6.45, 7) is 9.20. The van der Waals surface area contributed by atoms with Crippen LogP contribution in [0.5, 0.6) is 0 Å². The molecule has 7 nitrogen and oxygen atoms in total. The van der Waals surface area contributed by atoms with Gasteiger partial charge in [0.05, 0.1) is 23.4 Å². The number of likely N-dealkylation sites (tertiary alicyclic amines) is 1. The van der Waals surface area contributed by atoms with Gasteiger partial charge in [0.15, 0.2) is 0 Å². The largest absolute Gasteiger partial charge is 0.296 e. The van der Waals surface area contributed by atoms with E-state index in [-0.39, 0.29) is 0 Å². The van der Waals surface area contributed by atoms with Crippen LogP contribution in [0.15, 0.2) is 30.3 Å². The van der Waals surface area contributed by atoms with Crippen LogP contribution in [0.2, 0.25) is 0 Å². The van der Waals surface area contributed by atoms with E-state index >= 15 is 0 Å². The number of fused-ring (bicyclic) bond motifs is 1. The average Bonchev–Trinajstić information content (AvgIpc) is 3.37. The van der Waals surface area contributed by atoms with Gasteiger partial charge in [-0.1, -0.05) is 25.1 Å². The predicted molar refractivity (Wildman–Crippen MR) is 126 cm³/mol. The SMILES string of the molecule is CCc1c(-c2cc(C3CCN(Cc4nc(C)c5ccccc5n4)CC3)[nH]n2)c(C)nn1C. The number of aromatic amines is 1. The lowest BCUT2D eigenvalue weighted by Gasteiger charge is -2.30. The highest BCUT2D eigenvalue weighted by Crippen LogP contribution is 2.32. The van der Waals surface area contributed by atoms with Gasteiger partial charge in [0.1, 0.15) is 5.82 Å². The molecule has 0 radical (unpaired) electrons. The fourth-order valence-electron chi connectivity index (χ4n) is 5.09. The number of aryl methyl sites for hydroxylation is 3. The molecule has 1 saturated heterocycles. The van der Waals surface area contributed by atoms with Crippen molar-refractivity contribution in [1.29, 1.82) is 0 Å². The van der Waals surface area contributed by atoms with Crippen molar-refractivity contribution in [3.8, 4) is 11.3 Å². The van der Waals surface area contributed by atoms with E-state index in [2.05, 4.69) is 59.2 Å². The molecule has 0 spiro atoms. The topological polar surface area (TPSA) is 75.5 Å². The summed E-state index contributed by atoms with van der Waals surface area (Å²) in [5, 5.41) is 13.7. The summed E-state index contributed by atoms with van der Waals surface area (Å²) >= 11 is 0. The second kappa shape index (κ2) is 8.47. The molecule has 0 saturated carbocycles. The van der Waals surface area contributed by atoms with Crippen LogP contribution in [-0.4, -0.2) is 47.9 Å². The normalized spacial score (nSPS) is 15.6. The quantitative estimate of drug-likeness (QED) is 0.512. The maximum atomic E-state index is 4.79. The van der Waals surface area contributed by atoms with Crippen LogP contribution in [0, 0.1) is 13.8 Å². The van der Waals surface area contributed by atoms with Gasteiger partial charge in [-0.2, -0.15) is 10.2 Å². The molecule has 5 rings (SSSR count). The van der Waals surface area contributed by atoms with E-state index in [1.54, 1.807) is 0 Å². The average molecular weight is 430 g/mol. The molecular weight excluding hydrogens is 398 g/mol. The van der Waals surface area contributed by atoms with Gasteiger partial charge >= 0.3 is 0 Å². The van der Waals surface area contributed by atoms with Crippen LogP contribution >= 0.6 is 0 Å². The molecule has 1 aliphatic rings. The molecule has 1 N–H and O–H groups in total. The summed E-state index contributed by atoms with van der Waals surface area (Å²) in [5.74, 6) is 1.43. The summed E-state index contributed by atoms with van der Waals surface area (Å²) < 4.78 is 1.98. The number of nitrogens with zero attached hydrogens (tertiary/aromatic N) is 6. The molecule has 4 heterocycles. The first-order chi connectivity index (χ1) is 15.5. The highest BCUT2D eigenvalue weighted by Gasteiger charge is 2.24. The van der Waals surface area contributed by atoms with Crippen LogP contribution in [0.4, 0.5) is 0 Å². The predicted octanol–water partition coefficient (Wildman–Crippen LogP) is 4.31. The third kappa shape index (κ3) is 3.81. The third-order valence-electron chi connectivity index (χ3n) is 6.76. The molecule has 32 heavy (non-hydrogen) atoms. The minimum absolute atomic E-state index is 0.508. The Bertz CT molecular complexity index is 1240. The van der Waals surface area contributed by atoms with Crippen LogP contribution in [0.25, 0.3) is 22.2 Å². The number of hydrogen-bond donors (Lipinski definition) is 1. The van der Waals surface area contributed by atoms with Gasteiger partial charge in [0.2, 0.25) is 0 Å². The lowest BCUT2D eigenvalue weighted by Crippen LogP contribution is -2.33. The van der Waals surface area contributed by atoms with Gasteiger partial charge in [-0.25, -0.2) is 9.97 Å². The molecule has 1 aromatic carbocycles. The van der Waals surface area contributed by atoms with E-state index in [4.69, 9.17) is 9.97 Å². The van der Waals surface area contributed by atoms with Crippen LogP contribution < -0.4 is 0 Å². The maximum absolute atomic E-state index is 4.79. The number of aromatic nitrogens is 6. The van der Waals surface area contributed by atoms with E-state index in [1.807, 2.05) is 23.9 Å². The Balaban J connectivity index is 1.26. The van der Waals surface area contributed by atoms with Crippen molar-refractivity contribution in [2.24, 2.45) is 7.05 Å². The summed E-state index contributed by atoms with van der Waals surface area (Å²) in [7, 11) is 2.01. The number of benzene rings is 1. The van der Waals surface area contributed by atoms with Gasteiger partial charge in [0, 0.05) is 41.0 Å². The number of rotatable bonds is 5. The standard InChI is InChI=1S/C25H31N7/c1-5-23-25(17(3)30-31(23)4)22-14-21(28-29-22)18-10-12-32(13-11-18)15-24-26-16(2)19-8-6-7-9-20(19)27-24/h6-9,14,18H,5,10-13,15H2,1-4H3,(H,28,29). The summed E-state index contributed by atoms with van der Waals surface area (Å²) in [4.78, 5) is 12.0. The molecule has 3 aromatic heterocycles. The highest BCUT2D eigenvalue weighted by molar-refractivity contribution is 5.80. The monoisotopic (exact) mass is 429 g/mol. The lowest BCUT2D eigenvalue weighted by molar-refractivity contribution is 0.199. The van der Waals surface area contributed by atoms with Gasteiger partial charge in [-0.05, 0) is 58.3 Å². The lowest BCUT2D eigenvalue weighted by atomic mass is 9.93. The number of H-pyrrole nitrogens is 1. The number of nitrogens with one attached hydrogen (secondary N) is 1. The van der Waals surface area contributed by atoms with E-state index < -0.39 is 0 Å². The Morgan fingerprint density at radius 3 is 2.62 bits per heavy atom. The molecule has 0 atom stereocenters. The van der Waals surface area contributed by atoms with Gasteiger partial charge in [-0.15, -0.1) is 0 Å². The van der Waals surface area contributed by atoms with Crippen molar-refractivity contribution in [3.05, 3.63) is 58.9 Å². The first-order valence-electron chi connectivity index (χ1n) is 11.6. The Morgan fingerprint density at radius 2 is 1.84 bits per heavy atom. The van der Waals surface area contributed by atoms with E-state index in [0.717, 1.165) is 72.7 Å². The Hall–Kier alpha value is -3.06. The van der Waals surface area contributed by atoms with Gasteiger partial charge in [-0.3, -0.25) is 14.7 Å². The molecule has 7 heteroatoms. The molecule has 0 bridgehead atoms. The van der Waals surface area contributed by atoms with Crippen molar-refractivity contribution in [1.82, 2.24) is 34.8 Å².